The summed E-state index contributed by atoms with van der Waals surface area (Å²) in [5.41, 5.74) is 0. The van der Waals surface area contributed by atoms with Gasteiger partial charge in [-0.05, 0) is 6.92 Å². The second kappa shape index (κ2) is 1.92. The van der Waals surface area contributed by atoms with Crippen LogP contribution in [0.5, 0.6) is 0 Å². The highest BCUT2D eigenvalue weighted by Gasteiger charge is 1.95. The lowest BCUT2D eigenvalue weighted by Gasteiger charge is -1.99. The second-order valence-corrected chi connectivity index (χ2v) is 1.46. The first-order valence-corrected chi connectivity index (χ1v) is 2.26. The van der Waals surface area contributed by atoms with Crippen LogP contribution in [0.1, 0.15) is 13.2 Å². The number of nitrogens with zero attached hydrogens (tertiary/aromatic N) is 3. The lowest BCUT2D eigenvalue weighted by atomic mass is 10.7. The first-order valence-electron chi connectivity index (χ1n) is 2.26. The highest BCUT2D eigenvalue weighted by Crippen LogP contribution is 1.92. The molecule has 0 amide bonds. The fraction of sp³-hybridized carbons (Fsp3) is 0.500. The summed E-state index contributed by atoms with van der Waals surface area (Å²) in [7, 11) is 0. The molecule has 1 N–H and O–H groups in total. The van der Waals surface area contributed by atoms with Crippen molar-refractivity contribution in [1.82, 2.24) is 15.0 Å². The van der Waals surface area contributed by atoms with Gasteiger partial charge < -0.3 is 5.11 Å². The van der Waals surface area contributed by atoms with Gasteiger partial charge in [0.05, 0.1) is 6.20 Å². The van der Waals surface area contributed by atoms with Crippen LogP contribution in [0.4, 0.5) is 0 Å². The van der Waals surface area contributed by atoms with Crippen molar-refractivity contribution in [2.24, 2.45) is 0 Å². The van der Waals surface area contributed by atoms with Gasteiger partial charge in [0.2, 0.25) is 0 Å². The summed E-state index contributed by atoms with van der Waals surface area (Å²) in [5.74, 6) is 0. The van der Waals surface area contributed by atoms with Crippen LogP contribution in [0, 0.1) is 6.20 Å². The van der Waals surface area contributed by atoms with Crippen LogP contribution >= 0.6 is 0 Å². The molecule has 8 heavy (non-hydrogen) atoms. The topological polar surface area (TPSA) is 50.9 Å². The first-order chi connectivity index (χ1) is 3.80. The van der Waals surface area contributed by atoms with E-state index in [1.807, 2.05) is 0 Å². The Morgan fingerprint density at radius 1 is 1.88 bits per heavy atom. The molecule has 0 spiro atoms. The van der Waals surface area contributed by atoms with Crippen molar-refractivity contribution in [1.29, 1.82) is 0 Å². The van der Waals surface area contributed by atoms with Crippen LogP contribution in [0.15, 0.2) is 6.20 Å². The van der Waals surface area contributed by atoms with E-state index in [1.165, 1.54) is 10.9 Å². The number of aromatic nitrogens is 3. The van der Waals surface area contributed by atoms with E-state index < -0.39 is 6.23 Å². The van der Waals surface area contributed by atoms with Crippen LogP contribution in [0.25, 0.3) is 0 Å². The average Bonchev–Trinajstić information content (AvgIpc) is 2.12. The smallest absolute Gasteiger partial charge is 0.145 e. The van der Waals surface area contributed by atoms with Gasteiger partial charge in [-0.1, -0.05) is 5.21 Å². The van der Waals surface area contributed by atoms with Gasteiger partial charge in [-0.15, -0.1) is 5.10 Å². The van der Waals surface area contributed by atoms with Gasteiger partial charge in [-0.25, -0.2) is 4.68 Å². The maximum Gasteiger partial charge on any atom is 0.145 e. The molecule has 1 unspecified atom stereocenters. The summed E-state index contributed by atoms with van der Waals surface area (Å²) in [6, 6.07) is 0. The molecule has 1 aromatic heterocycles. The summed E-state index contributed by atoms with van der Waals surface area (Å²) >= 11 is 0. The summed E-state index contributed by atoms with van der Waals surface area (Å²) in [5, 5.41) is 15.6. The van der Waals surface area contributed by atoms with Crippen molar-refractivity contribution in [3.63, 3.8) is 0 Å². The lowest BCUT2D eigenvalue weighted by Crippen LogP contribution is -2.03. The first kappa shape index (κ1) is 5.24. The van der Waals surface area contributed by atoms with Crippen LogP contribution in [-0.2, 0) is 0 Å². The molecule has 1 rings (SSSR count). The summed E-state index contributed by atoms with van der Waals surface area (Å²) in [4.78, 5) is 0. The zero-order chi connectivity index (χ0) is 5.98. The molecule has 0 aliphatic heterocycles. The minimum absolute atomic E-state index is 0.603. The summed E-state index contributed by atoms with van der Waals surface area (Å²) in [6.07, 6.45) is 3.33. The number of hydrogen-bond donors (Lipinski definition) is 1. The Balaban J connectivity index is 2.77. The fourth-order valence-electron chi connectivity index (χ4n) is 0.371. The van der Waals surface area contributed by atoms with E-state index in [2.05, 4.69) is 16.5 Å². The minimum atomic E-state index is -0.603. The molecule has 1 heterocycles. The summed E-state index contributed by atoms with van der Waals surface area (Å²) in [6.45, 7) is 1.60. The molecular weight excluding hydrogens is 106 g/mol. The third-order valence-electron chi connectivity index (χ3n) is 0.779. The third kappa shape index (κ3) is 0.840. The highest BCUT2D eigenvalue weighted by atomic mass is 16.3. The number of hydrogen-bond acceptors (Lipinski definition) is 3. The summed E-state index contributed by atoms with van der Waals surface area (Å²) < 4.78 is 1.31. The molecular formula is C4H6N3O. The Labute approximate surface area is 46.8 Å². The molecule has 0 fully saturated rings. The maximum atomic E-state index is 8.75. The van der Waals surface area contributed by atoms with E-state index in [1.54, 1.807) is 6.92 Å². The Bertz CT molecular complexity index is 146. The van der Waals surface area contributed by atoms with Crippen molar-refractivity contribution < 1.29 is 5.11 Å². The van der Waals surface area contributed by atoms with E-state index in [9.17, 15) is 0 Å². The standard InChI is InChI=1S/C4H6N3O/c1-4(8)7-3-2-5-6-7/h3-4,8H,1H3. The van der Waals surface area contributed by atoms with Crippen molar-refractivity contribution in [3.8, 4) is 0 Å². The highest BCUT2D eigenvalue weighted by molar-refractivity contribution is 4.61. The molecule has 1 radical (unpaired) electrons. The second-order valence-electron chi connectivity index (χ2n) is 1.46. The Hall–Kier alpha value is -0.900. The SMILES string of the molecule is CC(O)n1c[c]nn1. The predicted octanol–water partition coefficient (Wildman–Crippen LogP) is -0.411. The van der Waals surface area contributed by atoms with E-state index in [4.69, 9.17) is 5.11 Å². The maximum absolute atomic E-state index is 8.75. The minimum Gasteiger partial charge on any atom is -0.372 e. The molecule has 1 atom stereocenters. The van der Waals surface area contributed by atoms with E-state index in [-0.39, 0.29) is 0 Å². The average molecular weight is 112 g/mol. The van der Waals surface area contributed by atoms with Gasteiger partial charge in [0.15, 0.2) is 0 Å². The van der Waals surface area contributed by atoms with Gasteiger partial charge >= 0.3 is 0 Å². The van der Waals surface area contributed by atoms with Crippen molar-refractivity contribution in [2.75, 3.05) is 0 Å². The molecule has 4 heteroatoms. The van der Waals surface area contributed by atoms with Gasteiger partial charge in [0.1, 0.15) is 12.4 Å². The number of rotatable bonds is 1. The van der Waals surface area contributed by atoms with Gasteiger partial charge in [0, 0.05) is 0 Å². The molecule has 0 aliphatic rings. The molecule has 0 aliphatic carbocycles. The molecule has 43 valence electrons. The van der Waals surface area contributed by atoms with Crippen LogP contribution < -0.4 is 0 Å². The van der Waals surface area contributed by atoms with Gasteiger partial charge in [0.25, 0.3) is 0 Å². The van der Waals surface area contributed by atoms with E-state index in [0.29, 0.717) is 0 Å². The van der Waals surface area contributed by atoms with Crippen LogP contribution in [0.3, 0.4) is 0 Å². The Morgan fingerprint density at radius 3 is 2.88 bits per heavy atom. The largest absolute Gasteiger partial charge is 0.372 e. The molecule has 0 aromatic carbocycles. The monoisotopic (exact) mass is 112 g/mol. The van der Waals surface area contributed by atoms with Crippen molar-refractivity contribution in [3.05, 3.63) is 12.4 Å². The molecule has 0 bridgehead atoms. The third-order valence-corrected chi connectivity index (χ3v) is 0.779. The zero-order valence-electron chi connectivity index (χ0n) is 4.44. The van der Waals surface area contributed by atoms with Crippen molar-refractivity contribution >= 4 is 0 Å². The molecule has 0 saturated carbocycles. The Kier molecular flexibility index (Phi) is 1.26. The van der Waals surface area contributed by atoms with Gasteiger partial charge in [-0.3, -0.25) is 0 Å². The molecule has 0 saturated heterocycles. The van der Waals surface area contributed by atoms with Gasteiger partial charge in [-0.2, -0.15) is 0 Å². The van der Waals surface area contributed by atoms with E-state index in [0.717, 1.165) is 0 Å². The van der Waals surface area contributed by atoms with Crippen LogP contribution in [-0.4, -0.2) is 20.1 Å². The van der Waals surface area contributed by atoms with Crippen molar-refractivity contribution in [2.45, 2.75) is 13.2 Å². The van der Waals surface area contributed by atoms with Crippen LogP contribution in [0.2, 0.25) is 0 Å². The molecule has 1 aromatic rings. The lowest BCUT2D eigenvalue weighted by molar-refractivity contribution is 0.108. The number of aliphatic hydroxyl groups is 1. The fourth-order valence-corrected chi connectivity index (χ4v) is 0.371. The normalized spacial score (nSPS) is 13.8. The number of aliphatic hydroxyl groups excluding tert-OH is 1. The zero-order valence-corrected chi connectivity index (χ0v) is 4.44. The Morgan fingerprint density at radius 2 is 2.62 bits per heavy atom. The molecule has 4 nitrogen and oxygen atoms in total. The predicted molar refractivity (Wildman–Crippen MR) is 25.8 cm³/mol. The quantitative estimate of drug-likeness (QED) is 0.537. The van der Waals surface area contributed by atoms with E-state index >= 15 is 0 Å².